The summed E-state index contributed by atoms with van der Waals surface area (Å²) in [6.07, 6.45) is 1.68. The molecule has 2 aromatic rings. The minimum absolute atomic E-state index is 0.127. The molecule has 5 heteroatoms. The van der Waals surface area contributed by atoms with Crippen molar-refractivity contribution in [2.75, 3.05) is 5.32 Å². The predicted molar refractivity (Wildman–Crippen MR) is 81.6 cm³/mol. The quantitative estimate of drug-likeness (QED) is 0.889. The summed E-state index contributed by atoms with van der Waals surface area (Å²) in [6, 6.07) is 7.73. The van der Waals surface area contributed by atoms with E-state index >= 15 is 0 Å². The molecule has 1 aromatic carbocycles. The highest BCUT2D eigenvalue weighted by Gasteiger charge is 2.14. The van der Waals surface area contributed by atoms with Gasteiger partial charge in [-0.15, -0.1) is 0 Å². The van der Waals surface area contributed by atoms with Gasteiger partial charge in [-0.1, -0.05) is 6.07 Å². The van der Waals surface area contributed by atoms with Crippen molar-refractivity contribution in [1.29, 1.82) is 0 Å². The summed E-state index contributed by atoms with van der Waals surface area (Å²) in [5, 5.41) is 6.12. The number of hydrogen-bond donors (Lipinski definition) is 2. The first-order valence-corrected chi connectivity index (χ1v) is 7.19. The first-order valence-electron chi connectivity index (χ1n) is 6.39. The highest BCUT2D eigenvalue weighted by Crippen LogP contribution is 2.20. The molecule has 2 N–H and O–H groups in total. The largest absolute Gasteiger partial charge is 0.309 e. The molecule has 0 bridgehead atoms. The second-order valence-corrected chi connectivity index (χ2v) is 5.78. The summed E-state index contributed by atoms with van der Waals surface area (Å²) in [5.74, 6) is 0.467. The van der Waals surface area contributed by atoms with Gasteiger partial charge in [-0.2, -0.15) is 0 Å². The van der Waals surface area contributed by atoms with Crippen molar-refractivity contribution in [3.63, 3.8) is 0 Å². The smallest absolute Gasteiger partial charge is 0.256 e. The van der Waals surface area contributed by atoms with Crippen molar-refractivity contribution in [2.45, 2.75) is 20.0 Å². The molecule has 2 heterocycles. The van der Waals surface area contributed by atoms with Gasteiger partial charge in [0.2, 0.25) is 0 Å². The van der Waals surface area contributed by atoms with Crippen molar-refractivity contribution in [2.24, 2.45) is 0 Å². The highest BCUT2D eigenvalue weighted by atomic mass is 79.9. The molecular weight excluding hydrogens is 318 g/mol. The fraction of sp³-hybridized carbons (Fsp3) is 0.200. The van der Waals surface area contributed by atoms with E-state index in [-0.39, 0.29) is 5.91 Å². The SMILES string of the molecule is Cc1cc(Br)cnc1NC(=O)c1ccc2c(c1)CNC2. The number of aryl methyl sites for hydroxylation is 1. The summed E-state index contributed by atoms with van der Waals surface area (Å²) >= 11 is 3.36. The third-order valence-corrected chi connectivity index (χ3v) is 3.81. The Balaban J connectivity index is 1.82. The number of nitrogens with zero attached hydrogens (tertiary/aromatic N) is 1. The Morgan fingerprint density at radius 2 is 2.10 bits per heavy atom. The van der Waals surface area contributed by atoms with E-state index in [0.29, 0.717) is 11.4 Å². The van der Waals surface area contributed by atoms with E-state index in [1.54, 1.807) is 6.20 Å². The number of carbonyl (C=O) groups excluding carboxylic acids is 1. The molecule has 0 aliphatic carbocycles. The minimum Gasteiger partial charge on any atom is -0.309 e. The Bertz CT molecular complexity index is 685. The average molecular weight is 332 g/mol. The number of halogens is 1. The average Bonchev–Trinajstić information content (AvgIpc) is 2.89. The van der Waals surface area contributed by atoms with Gasteiger partial charge in [0.15, 0.2) is 0 Å². The van der Waals surface area contributed by atoms with Crippen LogP contribution in [0.25, 0.3) is 0 Å². The number of pyridine rings is 1. The summed E-state index contributed by atoms with van der Waals surface area (Å²) in [5.41, 5.74) is 4.05. The van der Waals surface area contributed by atoms with Gasteiger partial charge >= 0.3 is 0 Å². The molecule has 20 heavy (non-hydrogen) atoms. The molecule has 0 atom stereocenters. The van der Waals surface area contributed by atoms with E-state index in [1.807, 2.05) is 31.2 Å². The number of nitrogens with one attached hydrogen (secondary N) is 2. The normalized spacial score (nSPS) is 13.1. The lowest BCUT2D eigenvalue weighted by Gasteiger charge is -2.08. The molecule has 0 saturated heterocycles. The van der Waals surface area contributed by atoms with Crippen molar-refractivity contribution >= 4 is 27.7 Å². The van der Waals surface area contributed by atoms with Gasteiger partial charge in [0.1, 0.15) is 5.82 Å². The maximum Gasteiger partial charge on any atom is 0.256 e. The van der Waals surface area contributed by atoms with Crippen molar-refractivity contribution in [3.05, 3.63) is 57.2 Å². The topological polar surface area (TPSA) is 54.0 Å². The molecule has 4 nitrogen and oxygen atoms in total. The monoisotopic (exact) mass is 331 g/mol. The summed E-state index contributed by atoms with van der Waals surface area (Å²) in [7, 11) is 0. The van der Waals surface area contributed by atoms with Crippen LogP contribution in [0.2, 0.25) is 0 Å². The van der Waals surface area contributed by atoms with E-state index in [0.717, 1.165) is 23.1 Å². The first kappa shape index (κ1) is 13.3. The molecule has 0 radical (unpaired) electrons. The molecule has 1 amide bonds. The Kier molecular flexibility index (Phi) is 3.54. The van der Waals surface area contributed by atoms with Crippen LogP contribution in [0.4, 0.5) is 5.82 Å². The fourth-order valence-electron chi connectivity index (χ4n) is 2.29. The zero-order valence-corrected chi connectivity index (χ0v) is 12.6. The predicted octanol–water partition coefficient (Wildman–Crippen LogP) is 3.01. The highest BCUT2D eigenvalue weighted by molar-refractivity contribution is 9.10. The molecular formula is C15H14BrN3O. The van der Waals surface area contributed by atoms with Gasteiger partial charge in [0, 0.05) is 29.3 Å². The van der Waals surface area contributed by atoms with Gasteiger partial charge in [0.25, 0.3) is 5.91 Å². The van der Waals surface area contributed by atoms with E-state index in [2.05, 4.69) is 31.5 Å². The second kappa shape index (κ2) is 5.34. The van der Waals surface area contributed by atoms with Gasteiger partial charge in [-0.05, 0) is 57.7 Å². The molecule has 0 saturated carbocycles. The molecule has 1 aliphatic rings. The van der Waals surface area contributed by atoms with Crippen LogP contribution < -0.4 is 10.6 Å². The third-order valence-electron chi connectivity index (χ3n) is 3.38. The number of aromatic nitrogens is 1. The maximum absolute atomic E-state index is 12.3. The summed E-state index contributed by atoms with van der Waals surface area (Å²) in [6.45, 7) is 3.62. The number of anilines is 1. The Hall–Kier alpha value is -1.72. The van der Waals surface area contributed by atoms with Crippen LogP contribution in [-0.4, -0.2) is 10.9 Å². The van der Waals surface area contributed by atoms with Crippen molar-refractivity contribution < 1.29 is 4.79 Å². The van der Waals surface area contributed by atoms with Gasteiger partial charge in [-0.25, -0.2) is 4.98 Å². The first-order chi connectivity index (χ1) is 9.63. The Labute approximate surface area is 125 Å². The number of benzene rings is 1. The molecule has 0 spiro atoms. The van der Waals surface area contributed by atoms with Gasteiger partial charge < -0.3 is 10.6 Å². The number of hydrogen-bond acceptors (Lipinski definition) is 3. The van der Waals surface area contributed by atoms with Gasteiger partial charge in [0.05, 0.1) is 0 Å². The number of carbonyl (C=O) groups is 1. The van der Waals surface area contributed by atoms with Crippen LogP contribution >= 0.6 is 15.9 Å². The van der Waals surface area contributed by atoms with E-state index in [9.17, 15) is 4.79 Å². The Morgan fingerprint density at radius 3 is 2.90 bits per heavy atom. The fourth-order valence-corrected chi connectivity index (χ4v) is 2.73. The van der Waals surface area contributed by atoms with Crippen molar-refractivity contribution in [3.8, 4) is 0 Å². The lowest BCUT2D eigenvalue weighted by molar-refractivity contribution is 0.102. The third kappa shape index (κ3) is 2.59. The standard InChI is InChI=1S/C15H14BrN3O/c1-9-4-13(16)8-18-14(9)19-15(20)10-2-3-11-6-17-7-12(11)5-10/h2-5,8,17H,6-7H2,1H3,(H,18,19,20). The summed E-state index contributed by atoms with van der Waals surface area (Å²) < 4.78 is 0.900. The van der Waals surface area contributed by atoms with E-state index in [1.165, 1.54) is 11.1 Å². The zero-order valence-electron chi connectivity index (χ0n) is 11.0. The van der Waals surface area contributed by atoms with Gasteiger partial charge in [-0.3, -0.25) is 4.79 Å². The molecule has 1 aliphatic heterocycles. The summed E-state index contributed by atoms with van der Waals surface area (Å²) in [4.78, 5) is 16.5. The number of rotatable bonds is 2. The number of fused-ring (bicyclic) bond motifs is 1. The lowest BCUT2D eigenvalue weighted by atomic mass is 10.1. The molecule has 0 fully saturated rings. The van der Waals surface area contributed by atoms with Crippen LogP contribution in [0, 0.1) is 6.92 Å². The van der Waals surface area contributed by atoms with Crippen LogP contribution in [0.1, 0.15) is 27.0 Å². The second-order valence-electron chi connectivity index (χ2n) is 4.86. The van der Waals surface area contributed by atoms with E-state index in [4.69, 9.17) is 0 Å². The van der Waals surface area contributed by atoms with E-state index < -0.39 is 0 Å². The molecule has 0 unspecified atom stereocenters. The van der Waals surface area contributed by atoms with Crippen LogP contribution in [-0.2, 0) is 13.1 Å². The molecule has 3 rings (SSSR count). The van der Waals surface area contributed by atoms with Crippen LogP contribution in [0.15, 0.2) is 34.9 Å². The Morgan fingerprint density at radius 1 is 1.30 bits per heavy atom. The minimum atomic E-state index is -0.127. The lowest BCUT2D eigenvalue weighted by Crippen LogP contribution is -2.14. The zero-order chi connectivity index (χ0) is 14.1. The van der Waals surface area contributed by atoms with Crippen molar-refractivity contribution in [1.82, 2.24) is 10.3 Å². The molecule has 1 aromatic heterocycles. The van der Waals surface area contributed by atoms with Crippen LogP contribution in [0.3, 0.4) is 0 Å². The van der Waals surface area contributed by atoms with Crippen LogP contribution in [0.5, 0.6) is 0 Å². The molecule has 102 valence electrons. The maximum atomic E-state index is 12.3. The number of amides is 1.